The van der Waals surface area contributed by atoms with E-state index in [0.717, 1.165) is 5.56 Å². The number of benzene rings is 2. The third-order valence-electron chi connectivity index (χ3n) is 4.37. The second-order valence-electron chi connectivity index (χ2n) is 6.49. The molecule has 0 aliphatic carbocycles. The minimum atomic E-state index is -3.63. The number of rotatable bonds is 7. The molecule has 28 heavy (non-hydrogen) atoms. The Labute approximate surface area is 165 Å². The molecule has 2 amide bonds. The number of carbonyl (C=O) groups excluding carboxylic acids is 2. The van der Waals surface area contributed by atoms with E-state index in [-0.39, 0.29) is 22.4 Å². The molecule has 2 aromatic rings. The first kappa shape index (κ1) is 21.6. The van der Waals surface area contributed by atoms with Gasteiger partial charge in [-0.05, 0) is 56.2 Å². The molecule has 0 aliphatic rings. The molecular formula is C20H25N3O4S. The van der Waals surface area contributed by atoms with Crippen LogP contribution in [0.1, 0.15) is 46.5 Å². The van der Waals surface area contributed by atoms with E-state index in [4.69, 9.17) is 0 Å². The third-order valence-corrected chi connectivity index (χ3v) is 5.98. The normalized spacial score (nSPS) is 12.3. The van der Waals surface area contributed by atoms with Gasteiger partial charge in [-0.1, -0.05) is 19.1 Å². The molecule has 1 atom stereocenters. The SMILES string of the molecule is CCC(C)NS(=O)(=O)c1ccc(C(=O)Nc2cccc(C)c2C(=O)NC)cc1. The topological polar surface area (TPSA) is 104 Å². The second kappa shape index (κ2) is 8.99. The summed E-state index contributed by atoms with van der Waals surface area (Å²) in [5.74, 6) is -0.736. The van der Waals surface area contributed by atoms with Crippen LogP contribution in [0.15, 0.2) is 47.4 Å². The van der Waals surface area contributed by atoms with E-state index >= 15 is 0 Å². The fourth-order valence-corrected chi connectivity index (χ4v) is 3.92. The second-order valence-corrected chi connectivity index (χ2v) is 8.20. The standard InChI is InChI=1S/C20H25N3O4S/c1-5-14(3)23-28(26,27)16-11-9-15(10-12-16)19(24)22-17-8-6-7-13(2)18(17)20(25)21-4/h6-12,14,23H,5H2,1-4H3,(H,21,25)(H,22,24). The fourth-order valence-electron chi connectivity index (χ4n) is 2.59. The minimum Gasteiger partial charge on any atom is -0.355 e. The average molecular weight is 404 g/mol. The van der Waals surface area contributed by atoms with Crippen molar-refractivity contribution in [3.8, 4) is 0 Å². The first-order valence-corrected chi connectivity index (χ1v) is 10.4. The van der Waals surface area contributed by atoms with Crippen LogP contribution >= 0.6 is 0 Å². The molecule has 0 saturated carbocycles. The Morgan fingerprint density at radius 3 is 2.25 bits per heavy atom. The molecule has 2 aromatic carbocycles. The molecule has 0 bridgehead atoms. The van der Waals surface area contributed by atoms with Gasteiger partial charge in [0, 0.05) is 18.7 Å². The summed E-state index contributed by atoms with van der Waals surface area (Å²) < 4.78 is 27.2. The van der Waals surface area contributed by atoms with Crippen LogP contribution in [0.3, 0.4) is 0 Å². The number of hydrogen-bond donors (Lipinski definition) is 3. The van der Waals surface area contributed by atoms with Gasteiger partial charge < -0.3 is 10.6 Å². The zero-order valence-electron chi connectivity index (χ0n) is 16.4. The van der Waals surface area contributed by atoms with Crippen LogP contribution in [0.5, 0.6) is 0 Å². The van der Waals surface area contributed by atoms with Crippen molar-refractivity contribution in [2.24, 2.45) is 0 Å². The van der Waals surface area contributed by atoms with E-state index in [1.54, 1.807) is 32.0 Å². The van der Waals surface area contributed by atoms with Crippen LogP contribution in [0, 0.1) is 6.92 Å². The number of anilines is 1. The summed E-state index contributed by atoms with van der Waals surface area (Å²) in [7, 11) is -2.11. The highest BCUT2D eigenvalue weighted by Crippen LogP contribution is 2.21. The van der Waals surface area contributed by atoms with E-state index in [1.165, 1.54) is 31.3 Å². The molecule has 0 saturated heterocycles. The van der Waals surface area contributed by atoms with Gasteiger partial charge in [-0.3, -0.25) is 9.59 Å². The molecule has 0 fully saturated rings. The van der Waals surface area contributed by atoms with Crippen LogP contribution in [-0.2, 0) is 10.0 Å². The van der Waals surface area contributed by atoms with Gasteiger partial charge >= 0.3 is 0 Å². The van der Waals surface area contributed by atoms with Gasteiger partial charge in [0.2, 0.25) is 10.0 Å². The zero-order valence-corrected chi connectivity index (χ0v) is 17.2. The van der Waals surface area contributed by atoms with Gasteiger partial charge in [0.25, 0.3) is 11.8 Å². The molecule has 0 spiro atoms. The van der Waals surface area contributed by atoms with Crippen LogP contribution in [0.4, 0.5) is 5.69 Å². The van der Waals surface area contributed by atoms with Crippen molar-refractivity contribution in [1.82, 2.24) is 10.0 Å². The fraction of sp³-hybridized carbons (Fsp3) is 0.300. The predicted octanol–water partition coefficient (Wildman–Crippen LogP) is 2.68. The monoisotopic (exact) mass is 403 g/mol. The van der Waals surface area contributed by atoms with Crippen LogP contribution in [0.25, 0.3) is 0 Å². The van der Waals surface area contributed by atoms with Crippen LogP contribution < -0.4 is 15.4 Å². The first-order valence-electron chi connectivity index (χ1n) is 8.95. The molecule has 0 aromatic heterocycles. The van der Waals surface area contributed by atoms with Crippen molar-refractivity contribution in [2.75, 3.05) is 12.4 Å². The summed E-state index contributed by atoms with van der Waals surface area (Å²) >= 11 is 0. The van der Waals surface area contributed by atoms with Crippen LogP contribution in [0.2, 0.25) is 0 Å². The molecule has 150 valence electrons. The molecular weight excluding hydrogens is 378 g/mol. The van der Waals surface area contributed by atoms with Gasteiger partial charge in [0.15, 0.2) is 0 Å². The van der Waals surface area contributed by atoms with E-state index in [9.17, 15) is 18.0 Å². The highest BCUT2D eigenvalue weighted by atomic mass is 32.2. The largest absolute Gasteiger partial charge is 0.355 e. The molecule has 2 rings (SSSR count). The molecule has 1 unspecified atom stereocenters. The lowest BCUT2D eigenvalue weighted by Crippen LogP contribution is -2.32. The summed E-state index contributed by atoms with van der Waals surface area (Å²) in [6, 6.07) is 10.6. The molecule has 0 radical (unpaired) electrons. The first-order chi connectivity index (χ1) is 13.2. The number of aryl methyl sites for hydroxylation is 1. The molecule has 3 N–H and O–H groups in total. The van der Waals surface area contributed by atoms with Gasteiger partial charge in [-0.2, -0.15) is 0 Å². The predicted molar refractivity (Wildman–Crippen MR) is 109 cm³/mol. The lowest BCUT2D eigenvalue weighted by atomic mass is 10.1. The van der Waals surface area contributed by atoms with E-state index in [2.05, 4.69) is 15.4 Å². The van der Waals surface area contributed by atoms with Crippen molar-refractivity contribution in [1.29, 1.82) is 0 Å². The molecule has 8 heteroatoms. The maximum Gasteiger partial charge on any atom is 0.255 e. The third kappa shape index (κ3) is 4.96. The van der Waals surface area contributed by atoms with Crippen molar-refractivity contribution in [3.05, 3.63) is 59.2 Å². The smallest absolute Gasteiger partial charge is 0.255 e. The van der Waals surface area contributed by atoms with Crippen molar-refractivity contribution < 1.29 is 18.0 Å². The van der Waals surface area contributed by atoms with Gasteiger partial charge in [-0.15, -0.1) is 0 Å². The highest BCUT2D eigenvalue weighted by molar-refractivity contribution is 7.89. The number of hydrogen-bond acceptors (Lipinski definition) is 4. The molecule has 0 heterocycles. The Morgan fingerprint density at radius 1 is 1.04 bits per heavy atom. The minimum absolute atomic E-state index is 0.0888. The van der Waals surface area contributed by atoms with Crippen molar-refractivity contribution >= 4 is 27.5 Å². The zero-order chi connectivity index (χ0) is 20.9. The Balaban J connectivity index is 2.23. The Bertz CT molecular complexity index is 969. The molecule has 0 aliphatic heterocycles. The van der Waals surface area contributed by atoms with E-state index in [1.807, 2.05) is 6.92 Å². The average Bonchev–Trinajstić information content (AvgIpc) is 2.67. The molecule has 7 nitrogen and oxygen atoms in total. The number of carbonyl (C=O) groups is 2. The number of amides is 2. The van der Waals surface area contributed by atoms with Crippen LogP contribution in [-0.4, -0.2) is 33.3 Å². The lowest BCUT2D eigenvalue weighted by Gasteiger charge is -2.14. The van der Waals surface area contributed by atoms with Gasteiger partial charge in [0.05, 0.1) is 16.1 Å². The van der Waals surface area contributed by atoms with E-state index in [0.29, 0.717) is 17.7 Å². The van der Waals surface area contributed by atoms with Gasteiger partial charge in [0.1, 0.15) is 0 Å². The maximum atomic E-state index is 12.6. The number of sulfonamides is 1. The van der Waals surface area contributed by atoms with Crippen molar-refractivity contribution in [2.45, 2.75) is 38.1 Å². The summed E-state index contributed by atoms with van der Waals surface area (Å²) in [5.41, 5.74) is 1.79. The summed E-state index contributed by atoms with van der Waals surface area (Å²) in [6.07, 6.45) is 0.671. The Morgan fingerprint density at radius 2 is 1.68 bits per heavy atom. The van der Waals surface area contributed by atoms with Crippen molar-refractivity contribution in [3.63, 3.8) is 0 Å². The maximum absolute atomic E-state index is 12.6. The quantitative estimate of drug-likeness (QED) is 0.661. The van der Waals surface area contributed by atoms with Gasteiger partial charge in [-0.25, -0.2) is 13.1 Å². The number of nitrogens with one attached hydrogen (secondary N) is 3. The van der Waals surface area contributed by atoms with E-state index < -0.39 is 15.9 Å². The highest BCUT2D eigenvalue weighted by Gasteiger charge is 2.18. The summed E-state index contributed by atoms with van der Waals surface area (Å²) in [4.78, 5) is 24.8. The lowest BCUT2D eigenvalue weighted by molar-refractivity contribution is 0.0963. The Hall–Kier alpha value is -2.71. The summed E-state index contributed by atoms with van der Waals surface area (Å²) in [5, 5.41) is 5.27. The summed E-state index contributed by atoms with van der Waals surface area (Å²) in [6.45, 7) is 5.45. The Kier molecular flexibility index (Phi) is 6.93.